The second kappa shape index (κ2) is 11.1. The van der Waals surface area contributed by atoms with Gasteiger partial charge in [0.2, 0.25) is 0 Å². The van der Waals surface area contributed by atoms with E-state index in [0.29, 0.717) is 0 Å². The fraction of sp³-hybridized carbons (Fsp3) is 0.185. The molecule has 0 bridgehead atoms. The zero-order valence-electron chi connectivity index (χ0n) is 16.7. The average molecular weight is 494 g/mol. The van der Waals surface area contributed by atoms with E-state index in [0.717, 1.165) is 29.5 Å². The van der Waals surface area contributed by atoms with Crippen LogP contribution in [0.3, 0.4) is 0 Å². The smallest absolute Gasteiger partial charge is 0.144 e. The highest BCUT2D eigenvalue weighted by molar-refractivity contribution is 14.1. The first kappa shape index (κ1) is 21.5. The SMILES string of the molecule is CC/C=C\CC(/C=C/I)OC(c1ccccc1)(c1ccccc1)c1ccccc1. The standard InChI is InChI=1S/C27H27IO/c1-2-3-7-20-26(21-22-28)29-27(23-14-8-4-9-15-23,24-16-10-5-11-17-24)25-18-12-6-13-19-25/h3-19,21-22,26H,2,20H2,1H3/b7-3-,22-21+. The van der Waals surface area contributed by atoms with Gasteiger partial charge in [-0.15, -0.1) is 0 Å². The molecule has 0 aliphatic heterocycles. The molecule has 3 rings (SSSR count). The van der Waals surface area contributed by atoms with Crippen LogP contribution in [0.2, 0.25) is 0 Å². The predicted octanol–water partition coefficient (Wildman–Crippen LogP) is 7.67. The van der Waals surface area contributed by atoms with Crippen molar-refractivity contribution < 1.29 is 4.74 Å². The molecule has 1 nitrogen and oxygen atoms in total. The Morgan fingerprint density at radius 1 is 0.759 bits per heavy atom. The van der Waals surface area contributed by atoms with Crippen LogP contribution in [0.15, 0.2) is 113 Å². The highest BCUT2D eigenvalue weighted by Gasteiger charge is 2.39. The van der Waals surface area contributed by atoms with E-state index in [1.807, 2.05) is 4.08 Å². The van der Waals surface area contributed by atoms with Gasteiger partial charge in [0.1, 0.15) is 5.60 Å². The van der Waals surface area contributed by atoms with Gasteiger partial charge in [-0.05, 0) is 39.7 Å². The average Bonchev–Trinajstić information content (AvgIpc) is 2.79. The largest absolute Gasteiger partial charge is 0.353 e. The lowest BCUT2D eigenvalue weighted by atomic mass is 9.80. The molecular weight excluding hydrogens is 467 g/mol. The molecule has 0 aromatic heterocycles. The summed E-state index contributed by atoms with van der Waals surface area (Å²) in [5.74, 6) is 0. The van der Waals surface area contributed by atoms with Gasteiger partial charge >= 0.3 is 0 Å². The Hall–Kier alpha value is -2.17. The van der Waals surface area contributed by atoms with E-state index < -0.39 is 5.60 Å². The van der Waals surface area contributed by atoms with Gasteiger partial charge in [-0.2, -0.15) is 0 Å². The number of allylic oxidation sites excluding steroid dienone is 1. The van der Waals surface area contributed by atoms with Crippen molar-refractivity contribution in [3.63, 3.8) is 0 Å². The second-order valence-electron chi connectivity index (χ2n) is 6.87. The molecule has 0 amide bonds. The Morgan fingerprint density at radius 3 is 1.59 bits per heavy atom. The topological polar surface area (TPSA) is 9.23 Å². The second-order valence-corrected chi connectivity index (χ2v) is 7.59. The van der Waals surface area contributed by atoms with E-state index in [-0.39, 0.29) is 6.10 Å². The number of hydrogen-bond acceptors (Lipinski definition) is 1. The third-order valence-corrected chi connectivity index (χ3v) is 5.34. The van der Waals surface area contributed by atoms with Crippen LogP contribution in [0.5, 0.6) is 0 Å². The van der Waals surface area contributed by atoms with Crippen LogP contribution >= 0.6 is 22.6 Å². The molecule has 148 valence electrons. The molecule has 3 aromatic rings. The third kappa shape index (κ3) is 5.26. The van der Waals surface area contributed by atoms with Crippen LogP contribution in [-0.2, 0) is 10.3 Å². The Balaban J connectivity index is 2.20. The summed E-state index contributed by atoms with van der Waals surface area (Å²) in [7, 11) is 0. The third-order valence-electron chi connectivity index (χ3n) is 4.93. The van der Waals surface area contributed by atoms with E-state index in [9.17, 15) is 0 Å². The molecule has 0 aliphatic rings. The predicted molar refractivity (Wildman–Crippen MR) is 131 cm³/mol. The van der Waals surface area contributed by atoms with Crippen LogP contribution < -0.4 is 0 Å². The molecule has 3 aromatic carbocycles. The van der Waals surface area contributed by atoms with Crippen molar-refractivity contribution in [2.45, 2.75) is 31.5 Å². The van der Waals surface area contributed by atoms with Gasteiger partial charge in [-0.3, -0.25) is 0 Å². The first-order valence-corrected chi connectivity index (χ1v) is 11.3. The number of rotatable bonds is 9. The van der Waals surface area contributed by atoms with Gasteiger partial charge in [0.05, 0.1) is 6.10 Å². The van der Waals surface area contributed by atoms with Gasteiger partial charge in [-0.1, -0.05) is 133 Å². The highest BCUT2D eigenvalue weighted by Crippen LogP contribution is 2.41. The maximum Gasteiger partial charge on any atom is 0.144 e. The summed E-state index contributed by atoms with van der Waals surface area (Å²) in [6, 6.07) is 31.6. The molecule has 0 aliphatic carbocycles. The maximum atomic E-state index is 7.04. The molecular formula is C27H27IO. The minimum absolute atomic E-state index is 0.0460. The molecule has 0 saturated carbocycles. The van der Waals surface area contributed by atoms with Crippen molar-refractivity contribution in [1.29, 1.82) is 0 Å². The van der Waals surface area contributed by atoms with Crippen LogP contribution in [0.1, 0.15) is 36.5 Å². The van der Waals surface area contributed by atoms with Crippen molar-refractivity contribution in [2.75, 3.05) is 0 Å². The van der Waals surface area contributed by atoms with E-state index in [1.165, 1.54) is 0 Å². The Labute approximate surface area is 188 Å². The van der Waals surface area contributed by atoms with E-state index in [1.54, 1.807) is 0 Å². The number of halogens is 1. The first-order valence-electron chi connectivity index (χ1n) is 10.1. The summed E-state index contributed by atoms with van der Waals surface area (Å²) >= 11 is 2.27. The summed E-state index contributed by atoms with van der Waals surface area (Å²) in [4.78, 5) is 0. The van der Waals surface area contributed by atoms with Crippen molar-refractivity contribution >= 4 is 22.6 Å². The van der Waals surface area contributed by atoms with E-state index in [2.05, 4.69) is 139 Å². The summed E-state index contributed by atoms with van der Waals surface area (Å²) < 4.78 is 9.09. The molecule has 0 fully saturated rings. The van der Waals surface area contributed by atoms with Crippen LogP contribution in [0.4, 0.5) is 0 Å². The van der Waals surface area contributed by atoms with Gasteiger partial charge < -0.3 is 4.74 Å². The van der Waals surface area contributed by atoms with E-state index >= 15 is 0 Å². The lowest BCUT2D eigenvalue weighted by Crippen LogP contribution is -2.36. The Bertz CT molecular complexity index is 804. The maximum absolute atomic E-state index is 7.04. The highest BCUT2D eigenvalue weighted by atomic mass is 127. The molecule has 0 saturated heterocycles. The van der Waals surface area contributed by atoms with Crippen LogP contribution in [-0.4, -0.2) is 6.10 Å². The Morgan fingerprint density at radius 2 is 1.21 bits per heavy atom. The quantitative estimate of drug-likeness (QED) is 0.169. The minimum atomic E-state index is -0.690. The fourth-order valence-corrected chi connectivity index (χ4v) is 4.06. The molecule has 0 heterocycles. The minimum Gasteiger partial charge on any atom is -0.353 e. The lowest BCUT2D eigenvalue weighted by molar-refractivity contribution is -0.0227. The zero-order valence-corrected chi connectivity index (χ0v) is 18.9. The molecule has 0 radical (unpaired) electrons. The van der Waals surface area contributed by atoms with Crippen LogP contribution in [0, 0.1) is 0 Å². The lowest BCUT2D eigenvalue weighted by Gasteiger charge is -2.38. The van der Waals surface area contributed by atoms with Gasteiger partial charge in [0.25, 0.3) is 0 Å². The fourth-order valence-electron chi connectivity index (χ4n) is 3.59. The van der Waals surface area contributed by atoms with Crippen molar-refractivity contribution in [1.82, 2.24) is 0 Å². The van der Waals surface area contributed by atoms with Crippen molar-refractivity contribution in [2.24, 2.45) is 0 Å². The molecule has 2 heteroatoms. The monoisotopic (exact) mass is 494 g/mol. The zero-order chi connectivity index (χ0) is 20.4. The molecule has 29 heavy (non-hydrogen) atoms. The van der Waals surface area contributed by atoms with Crippen molar-refractivity contribution in [3.05, 3.63) is 130 Å². The first-order chi connectivity index (χ1) is 14.3. The van der Waals surface area contributed by atoms with Gasteiger partial charge in [-0.25, -0.2) is 0 Å². The summed E-state index contributed by atoms with van der Waals surface area (Å²) in [6.45, 7) is 2.16. The number of hydrogen-bond donors (Lipinski definition) is 0. The van der Waals surface area contributed by atoms with Gasteiger partial charge in [0, 0.05) is 0 Å². The number of benzene rings is 3. The molecule has 1 atom stereocenters. The summed E-state index contributed by atoms with van der Waals surface area (Å²) in [5, 5.41) is 0. The molecule has 0 spiro atoms. The summed E-state index contributed by atoms with van der Waals surface area (Å²) in [6.07, 6.45) is 8.38. The summed E-state index contributed by atoms with van der Waals surface area (Å²) in [5.41, 5.74) is 2.70. The van der Waals surface area contributed by atoms with Crippen LogP contribution in [0.25, 0.3) is 0 Å². The Kier molecular flexibility index (Phi) is 8.26. The van der Waals surface area contributed by atoms with Gasteiger partial charge in [0.15, 0.2) is 0 Å². The molecule has 1 unspecified atom stereocenters. The van der Waals surface area contributed by atoms with Crippen molar-refractivity contribution in [3.8, 4) is 0 Å². The molecule has 0 N–H and O–H groups in total. The normalized spacial score (nSPS) is 13.2. The number of ether oxygens (including phenoxy) is 1. The van der Waals surface area contributed by atoms with E-state index in [4.69, 9.17) is 4.74 Å².